The van der Waals surface area contributed by atoms with Crippen molar-refractivity contribution in [2.45, 2.75) is 25.7 Å². The number of aromatic nitrogens is 2. The number of sulfone groups is 1. The number of benzene rings is 2. The summed E-state index contributed by atoms with van der Waals surface area (Å²) in [5.41, 5.74) is 4.26. The topological polar surface area (TPSA) is 58.4 Å². The number of anilines is 1. The zero-order valence-electron chi connectivity index (χ0n) is 23.0. The van der Waals surface area contributed by atoms with Crippen molar-refractivity contribution in [3.63, 3.8) is 0 Å². The average Bonchev–Trinajstić information content (AvgIpc) is 3.21. The van der Waals surface area contributed by atoms with E-state index in [1.165, 1.54) is 18.4 Å². The highest BCUT2D eigenvalue weighted by Crippen LogP contribution is 2.34. The lowest BCUT2D eigenvalue weighted by Gasteiger charge is -2.37. The molecule has 0 radical (unpaired) electrons. The Hall–Kier alpha value is -3.30. The van der Waals surface area contributed by atoms with Crippen molar-refractivity contribution in [3.8, 4) is 22.5 Å². The van der Waals surface area contributed by atoms with Crippen molar-refractivity contribution >= 4 is 26.4 Å². The van der Waals surface area contributed by atoms with Crippen LogP contribution in [0, 0.1) is 24.5 Å². The number of nitrogens with zero attached hydrogens (tertiary/aromatic N) is 4. The van der Waals surface area contributed by atoms with Crippen molar-refractivity contribution in [1.82, 2.24) is 14.5 Å². The van der Waals surface area contributed by atoms with Gasteiger partial charge in [0.25, 0.3) is 0 Å². The molecule has 1 aliphatic heterocycles. The van der Waals surface area contributed by atoms with Crippen molar-refractivity contribution in [1.29, 1.82) is 0 Å². The van der Waals surface area contributed by atoms with Gasteiger partial charge in [0.1, 0.15) is 17.3 Å². The van der Waals surface area contributed by atoms with Gasteiger partial charge < -0.3 is 9.47 Å². The van der Waals surface area contributed by atoms with Crippen LogP contribution in [0.4, 0.5) is 14.5 Å². The van der Waals surface area contributed by atoms with E-state index in [4.69, 9.17) is 0 Å². The third-order valence-electron chi connectivity index (χ3n) is 7.43. The summed E-state index contributed by atoms with van der Waals surface area (Å²) in [4.78, 5) is 9.07. The molecule has 0 unspecified atom stereocenters. The van der Waals surface area contributed by atoms with E-state index in [-0.39, 0.29) is 10.6 Å². The Morgan fingerprint density at radius 1 is 0.923 bits per heavy atom. The Labute approximate surface area is 228 Å². The average molecular weight is 553 g/mol. The second kappa shape index (κ2) is 10.4. The maximum Gasteiger partial charge on any atom is 0.175 e. The van der Waals surface area contributed by atoms with Crippen LogP contribution in [-0.4, -0.2) is 61.8 Å². The monoisotopic (exact) mass is 552 g/mol. The van der Waals surface area contributed by atoms with Gasteiger partial charge in [-0.1, -0.05) is 26.0 Å². The molecule has 39 heavy (non-hydrogen) atoms. The van der Waals surface area contributed by atoms with E-state index < -0.39 is 21.5 Å². The van der Waals surface area contributed by atoms with Gasteiger partial charge in [0.2, 0.25) is 0 Å². The standard InChI is InChI=1S/C30H34F2N4O2S/c1-19(2)18-35-10-12-36(13-11-35)30-25(31)14-22(15-26(30)32)27-17-29-24(20(3)33-27)16-28(34(29)4)21-6-8-23(9-7-21)39(5,37)38/h6-9,14-17,19H,10-13,18H2,1-5H3. The van der Waals surface area contributed by atoms with Gasteiger partial charge >= 0.3 is 0 Å². The summed E-state index contributed by atoms with van der Waals surface area (Å²) in [6.45, 7) is 9.93. The number of piperazine rings is 1. The molecule has 0 spiro atoms. The SMILES string of the molecule is Cc1nc(-c2cc(F)c(N3CCN(CC(C)C)CC3)c(F)c2)cc2c1cc(-c1ccc(S(C)(=O)=O)cc1)n2C. The normalized spacial score (nSPS) is 15.0. The Morgan fingerprint density at radius 3 is 2.10 bits per heavy atom. The molecule has 2 aromatic carbocycles. The van der Waals surface area contributed by atoms with Gasteiger partial charge in [-0.2, -0.15) is 0 Å². The molecular formula is C30H34F2N4O2S. The number of hydrogen-bond donors (Lipinski definition) is 0. The van der Waals surface area contributed by atoms with E-state index in [1.807, 2.05) is 30.7 Å². The van der Waals surface area contributed by atoms with Gasteiger partial charge in [0, 0.05) is 68.4 Å². The molecule has 1 saturated heterocycles. The van der Waals surface area contributed by atoms with Crippen LogP contribution in [0.3, 0.4) is 0 Å². The van der Waals surface area contributed by atoms with Gasteiger partial charge in [0.15, 0.2) is 9.84 Å². The van der Waals surface area contributed by atoms with Crippen molar-refractivity contribution in [2.24, 2.45) is 13.0 Å². The maximum absolute atomic E-state index is 15.4. The number of pyridine rings is 1. The van der Waals surface area contributed by atoms with E-state index in [0.29, 0.717) is 30.3 Å². The van der Waals surface area contributed by atoms with Crippen LogP contribution in [0.2, 0.25) is 0 Å². The molecule has 1 aliphatic rings. The molecule has 2 aromatic heterocycles. The second-order valence-electron chi connectivity index (χ2n) is 10.9. The molecule has 3 heterocycles. The van der Waals surface area contributed by atoms with Crippen molar-refractivity contribution < 1.29 is 17.2 Å². The first-order chi connectivity index (χ1) is 18.4. The highest BCUT2D eigenvalue weighted by Gasteiger charge is 2.24. The maximum atomic E-state index is 15.4. The van der Waals surface area contributed by atoms with Gasteiger partial charge in [-0.15, -0.1) is 0 Å². The van der Waals surface area contributed by atoms with Crippen LogP contribution < -0.4 is 4.90 Å². The van der Waals surface area contributed by atoms with E-state index >= 15 is 8.78 Å². The Morgan fingerprint density at radius 2 is 1.54 bits per heavy atom. The third kappa shape index (κ3) is 5.43. The van der Waals surface area contributed by atoms with E-state index in [9.17, 15) is 8.42 Å². The molecule has 0 saturated carbocycles. The van der Waals surface area contributed by atoms with E-state index in [0.717, 1.165) is 47.5 Å². The number of halogens is 2. The van der Waals surface area contributed by atoms with Crippen LogP contribution in [0.1, 0.15) is 19.5 Å². The van der Waals surface area contributed by atoms with Crippen molar-refractivity contribution in [3.05, 3.63) is 65.9 Å². The minimum atomic E-state index is -3.29. The second-order valence-corrected chi connectivity index (χ2v) is 12.9. The van der Waals surface area contributed by atoms with Crippen LogP contribution in [0.15, 0.2) is 53.4 Å². The summed E-state index contributed by atoms with van der Waals surface area (Å²) in [6.07, 6.45) is 1.18. The zero-order chi connectivity index (χ0) is 28.1. The van der Waals surface area contributed by atoms with Gasteiger partial charge in [-0.3, -0.25) is 9.88 Å². The first-order valence-corrected chi connectivity index (χ1v) is 15.1. The van der Waals surface area contributed by atoms with Crippen LogP contribution in [0.5, 0.6) is 0 Å². The van der Waals surface area contributed by atoms with E-state index in [1.54, 1.807) is 29.2 Å². The Kier molecular flexibility index (Phi) is 7.24. The first kappa shape index (κ1) is 27.3. The summed E-state index contributed by atoms with van der Waals surface area (Å²) in [5, 5.41) is 0.917. The quantitative estimate of drug-likeness (QED) is 0.308. The summed E-state index contributed by atoms with van der Waals surface area (Å²) < 4.78 is 56.4. The zero-order valence-corrected chi connectivity index (χ0v) is 23.8. The lowest BCUT2D eigenvalue weighted by Crippen LogP contribution is -2.48. The largest absolute Gasteiger partial charge is 0.364 e. The summed E-state index contributed by atoms with van der Waals surface area (Å²) in [7, 11) is -1.38. The minimum absolute atomic E-state index is 0.0273. The molecule has 5 rings (SSSR count). The smallest absolute Gasteiger partial charge is 0.175 e. The first-order valence-electron chi connectivity index (χ1n) is 13.2. The fraction of sp³-hybridized carbons (Fsp3) is 0.367. The lowest BCUT2D eigenvalue weighted by molar-refractivity contribution is 0.230. The predicted molar refractivity (Wildman–Crippen MR) is 153 cm³/mol. The molecule has 0 atom stereocenters. The molecular weight excluding hydrogens is 518 g/mol. The molecule has 206 valence electrons. The van der Waals surface area contributed by atoms with Crippen LogP contribution in [0.25, 0.3) is 33.4 Å². The van der Waals surface area contributed by atoms with Crippen LogP contribution in [-0.2, 0) is 16.9 Å². The fourth-order valence-electron chi connectivity index (χ4n) is 5.47. The predicted octanol–water partition coefficient (Wildman–Crippen LogP) is 5.68. The Bertz CT molecular complexity index is 1610. The highest BCUT2D eigenvalue weighted by molar-refractivity contribution is 7.90. The number of aryl methyl sites for hydroxylation is 2. The number of rotatable bonds is 6. The van der Waals surface area contributed by atoms with Gasteiger partial charge in [-0.05, 0) is 54.8 Å². The highest BCUT2D eigenvalue weighted by atomic mass is 32.2. The van der Waals surface area contributed by atoms with Crippen molar-refractivity contribution in [2.75, 3.05) is 43.9 Å². The number of hydrogen-bond acceptors (Lipinski definition) is 5. The molecule has 1 fully saturated rings. The summed E-state index contributed by atoms with van der Waals surface area (Å²) >= 11 is 0. The molecule has 0 N–H and O–H groups in total. The lowest BCUT2D eigenvalue weighted by atomic mass is 10.1. The van der Waals surface area contributed by atoms with Gasteiger partial charge in [-0.25, -0.2) is 17.2 Å². The third-order valence-corrected chi connectivity index (χ3v) is 8.56. The molecule has 0 bridgehead atoms. The molecule has 6 nitrogen and oxygen atoms in total. The minimum Gasteiger partial charge on any atom is -0.364 e. The molecule has 0 aliphatic carbocycles. The summed E-state index contributed by atoms with van der Waals surface area (Å²) in [5.74, 6) is -0.612. The van der Waals surface area contributed by atoms with E-state index in [2.05, 4.69) is 23.7 Å². The van der Waals surface area contributed by atoms with Gasteiger partial charge in [0.05, 0.1) is 16.1 Å². The fourth-order valence-corrected chi connectivity index (χ4v) is 6.10. The summed E-state index contributed by atoms with van der Waals surface area (Å²) in [6, 6.07) is 13.3. The molecule has 0 amide bonds. The number of fused-ring (bicyclic) bond motifs is 1. The molecule has 4 aromatic rings. The molecule has 9 heteroatoms. The van der Waals surface area contributed by atoms with Crippen LogP contribution >= 0.6 is 0 Å². The Balaban J connectivity index is 1.46.